The molecule has 0 spiro atoms. The van der Waals surface area contributed by atoms with Crippen LogP contribution in [0.15, 0.2) is 24.3 Å². The van der Waals surface area contributed by atoms with Crippen molar-refractivity contribution in [3.8, 4) is 0 Å². The van der Waals surface area contributed by atoms with E-state index in [0.717, 1.165) is 12.0 Å². The molecule has 0 aromatic heterocycles. The molecule has 6 nitrogen and oxygen atoms in total. The third-order valence-electron chi connectivity index (χ3n) is 5.78. The fourth-order valence-corrected chi connectivity index (χ4v) is 4.02. The molecule has 0 saturated carbocycles. The Bertz CT molecular complexity index is 708. The summed E-state index contributed by atoms with van der Waals surface area (Å²) in [5.41, 5.74) is 2.28. The summed E-state index contributed by atoms with van der Waals surface area (Å²) in [6.45, 7) is 7.03. The first kappa shape index (κ1) is 20.4. The number of piperidine rings is 1. The topological polar surface area (TPSA) is 69.7 Å². The molecule has 2 heterocycles. The fourth-order valence-electron chi connectivity index (χ4n) is 4.02. The molecule has 0 radical (unpaired) electrons. The number of carbonyl (C=O) groups is 3. The molecule has 0 bridgehead atoms. The Labute approximate surface area is 167 Å². The summed E-state index contributed by atoms with van der Waals surface area (Å²) in [6.07, 6.45) is 2.63. The highest BCUT2D eigenvalue weighted by Gasteiger charge is 2.38. The maximum absolute atomic E-state index is 12.9. The molecule has 2 saturated heterocycles. The monoisotopic (exact) mass is 385 g/mol. The van der Waals surface area contributed by atoms with Crippen LogP contribution in [0.3, 0.4) is 0 Å². The number of carbonyl (C=O) groups excluding carboxylic acids is 3. The molecule has 1 aromatic carbocycles. The summed E-state index contributed by atoms with van der Waals surface area (Å²) in [5, 5.41) is 2.95. The van der Waals surface area contributed by atoms with E-state index < -0.39 is 0 Å². The van der Waals surface area contributed by atoms with E-state index >= 15 is 0 Å². The van der Waals surface area contributed by atoms with Gasteiger partial charge < -0.3 is 15.1 Å². The Kier molecular flexibility index (Phi) is 6.70. The predicted molar refractivity (Wildman–Crippen MR) is 107 cm³/mol. The van der Waals surface area contributed by atoms with E-state index in [1.807, 2.05) is 43.0 Å². The molecule has 1 atom stereocenters. The maximum Gasteiger partial charge on any atom is 0.227 e. The van der Waals surface area contributed by atoms with Gasteiger partial charge in [-0.25, -0.2) is 0 Å². The number of amides is 3. The van der Waals surface area contributed by atoms with E-state index in [2.05, 4.69) is 5.32 Å². The van der Waals surface area contributed by atoms with Gasteiger partial charge in [-0.2, -0.15) is 0 Å². The number of hydrogen-bond acceptors (Lipinski definition) is 3. The summed E-state index contributed by atoms with van der Waals surface area (Å²) in [6, 6.07) is 8.15. The van der Waals surface area contributed by atoms with Crippen LogP contribution in [-0.2, 0) is 20.9 Å². The second-order valence-corrected chi connectivity index (χ2v) is 8.05. The Morgan fingerprint density at radius 3 is 2.43 bits per heavy atom. The van der Waals surface area contributed by atoms with Crippen LogP contribution in [0.5, 0.6) is 0 Å². The molecule has 6 heteroatoms. The summed E-state index contributed by atoms with van der Waals surface area (Å²) < 4.78 is 0. The van der Waals surface area contributed by atoms with Crippen molar-refractivity contribution >= 4 is 17.7 Å². The Hall–Kier alpha value is -2.37. The Morgan fingerprint density at radius 2 is 1.79 bits per heavy atom. The van der Waals surface area contributed by atoms with Crippen LogP contribution in [0.2, 0.25) is 0 Å². The van der Waals surface area contributed by atoms with Gasteiger partial charge >= 0.3 is 0 Å². The van der Waals surface area contributed by atoms with Crippen LogP contribution in [0.4, 0.5) is 0 Å². The number of nitrogens with one attached hydrogen (secondary N) is 1. The van der Waals surface area contributed by atoms with Gasteiger partial charge in [0.05, 0.1) is 5.92 Å². The zero-order chi connectivity index (χ0) is 20.1. The SMILES string of the molecule is CCCNC(=O)C1CCN(C(=O)C2CC(=O)N(Cc3ccc(C)cc3)C2)CC1. The molecular formula is C22H31N3O3. The van der Waals surface area contributed by atoms with Crippen molar-refractivity contribution < 1.29 is 14.4 Å². The molecule has 1 N–H and O–H groups in total. The van der Waals surface area contributed by atoms with Crippen LogP contribution in [-0.4, -0.2) is 53.7 Å². The quantitative estimate of drug-likeness (QED) is 0.815. The van der Waals surface area contributed by atoms with E-state index in [9.17, 15) is 14.4 Å². The summed E-state index contributed by atoms with van der Waals surface area (Å²) in [5.74, 6) is -0.0449. The molecular weight excluding hydrogens is 354 g/mol. The third kappa shape index (κ3) is 4.91. The minimum Gasteiger partial charge on any atom is -0.356 e. The fraction of sp³-hybridized carbons (Fsp3) is 0.591. The molecule has 3 amide bonds. The summed E-state index contributed by atoms with van der Waals surface area (Å²) in [7, 11) is 0. The van der Waals surface area contributed by atoms with Gasteiger partial charge in [0.1, 0.15) is 0 Å². The van der Waals surface area contributed by atoms with Gasteiger partial charge in [-0.3, -0.25) is 14.4 Å². The van der Waals surface area contributed by atoms with E-state index in [0.29, 0.717) is 52.0 Å². The number of nitrogens with zero attached hydrogens (tertiary/aromatic N) is 2. The van der Waals surface area contributed by atoms with E-state index in [4.69, 9.17) is 0 Å². The van der Waals surface area contributed by atoms with Gasteiger partial charge in [0.15, 0.2) is 0 Å². The lowest BCUT2D eigenvalue weighted by Gasteiger charge is -2.33. The van der Waals surface area contributed by atoms with Crippen molar-refractivity contribution in [1.29, 1.82) is 0 Å². The van der Waals surface area contributed by atoms with Crippen molar-refractivity contribution in [2.45, 2.75) is 46.1 Å². The van der Waals surface area contributed by atoms with Crippen LogP contribution in [0.25, 0.3) is 0 Å². The summed E-state index contributed by atoms with van der Waals surface area (Å²) >= 11 is 0. The van der Waals surface area contributed by atoms with Crippen LogP contribution in [0, 0.1) is 18.8 Å². The molecule has 1 aromatic rings. The zero-order valence-corrected chi connectivity index (χ0v) is 16.9. The lowest BCUT2D eigenvalue weighted by molar-refractivity contribution is -0.139. The number of rotatable bonds is 6. The molecule has 3 rings (SSSR count). The number of likely N-dealkylation sites (tertiary alicyclic amines) is 2. The molecule has 2 aliphatic rings. The second-order valence-electron chi connectivity index (χ2n) is 8.05. The lowest BCUT2D eigenvalue weighted by Crippen LogP contribution is -2.45. The maximum atomic E-state index is 12.9. The first-order valence-corrected chi connectivity index (χ1v) is 10.4. The number of benzene rings is 1. The van der Waals surface area contributed by atoms with Gasteiger partial charge in [0.25, 0.3) is 0 Å². The second kappa shape index (κ2) is 9.22. The van der Waals surface area contributed by atoms with Crippen LogP contribution < -0.4 is 5.32 Å². The van der Waals surface area contributed by atoms with E-state index in [1.54, 1.807) is 4.90 Å². The molecule has 152 valence electrons. The normalized spacial score (nSPS) is 20.5. The molecule has 28 heavy (non-hydrogen) atoms. The van der Waals surface area contributed by atoms with Crippen molar-refractivity contribution in [2.75, 3.05) is 26.2 Å². The number of hydrogen-bond donors (Lipinski definition) is 1. The lowest BCUT2D eigenvalue weighted by atomic mass is 9.94. The van der Waals surface area contributed by atoms with Gasteiger partial charge in [0.2, 0.25) is 17.7 Å². The highest BCUT2D eigenvalue weighted by Crippen LogP contribution is 2.25. The van der Waals surface area contributed by atoms with Gasteiger partial charge in [-0.15, -0.1) is 0 Å². The first-order valence-electron chi connectivity index (χ1n) is 10.4. The van der Waals surface area contributed by atoms with Crippen molar-refractivity contribution in [3.05, 3.63) is 35.4 Å². The minimum atomic E-state index is -0.261. The van der Waals surface area contributed by atoms with Gasteiger partial charge in [-0.1, -0.05) is 36.8 Å². The zero-order valence-electron chi connectivity index (χ0n) is 16.9. The largest absolute Gasteiger partial charge is 0.356 e. The van der Waals surface area contributed by atoms with Crippen LogP contribution >= 0.6 is 0 Å². The summed E-state index contributed by atoms with van der Waals surface area (Å²) in [4.78, 5) is 41.0. The number of aryl methyl sites for hydroxylation is 1. The highest BCUT2D eigenvalue weighted by molar-refractivity contribution is 5.89. The van der Waals surface area contributed by atoms with Gasteiger partial charge in [-0.05, 0) is 31.7 Å². The smallest absolute Gasteiger partial charge is 0.227 e. The van der Waals surface area contributed by atoms with Crippen molar-refractivity contribution in [1.82, 2.24) is 15.1 Å². The van der Waals surface area contributed by atoms with Crippen LogP contribution in [0.1, 0.15) is 43.7 Å². The molecule has 2 aliphatic heterocycles. The average molecular weight is 386 g/mol. The standard InChI is InChI=1S/C22H31N3O3/c1-3-10-23-21(27)18-8-11-24(12-9-18)22(28)19-13-20(26)25(15-19)14-17-6-4-16(2)5-7-17/h4-7,18-19H,3,8-15H2,1-2H3,(H,23,27). The molecule has 2 fully saturated rings. The minimum absolute atomic E-state index is 0.00107. The predicted octanol–water partition coefficient (Wildman–Crippen LogP) is 2.11. The first-order chi connectivity index (χ1) is 13.5. The van der Waals surface area contributed by atoms with Crippen molar-refractivity contribution in [3.63, 3.8) is 0 Å². The van der Waals surface area contributed by atoms with E-state index in [1.165, 1.54) is 5.56 Å². The highest BCUT2D eigenvalue weighted by atomic mass is 16.2. The average Bonchev–Trinajstić information content (AvgIpc) is 3.07. The van der Waals surface area contributed by atoms with Gasteiger partial charge in [0, 0.05) is 45.1 Å². The molecule has 0 aliphatic carbocycles. The van der Waals surface area contributed by atoms with E-state index in [-0.39, 0.29) is 29.6 Å². The molecule has 1 unspecified atom stereocenters. The van der Waals surface area contributed by atoms with Crippen molar-refractivity contribution in [2.24, 2.45) is 11.8 Å². The Balaban J connectivity index is 1.49. The third-order valence-corrected chi connectivity index (χ3v) is 5.78. The Morgan fingerprint density at radius 1 is 1.11 bits per heavy atom.